The van der Waals surface area contributed by atoms with E-state index in [4.69, 9.17) is 14.2 Å². The smallest absolute Gasteiger partial charge is 0.333 e. The van der Waals surface area contributed by atoms with E-state index in [0.717, 1.165) is 11.3 Å². The summed E-state index contributed by atoms with van der Waals surface area (Å²) in [6.45, 7) is 5.00. The van der Waals surface area contributed by atoms with Gasteiger partial charge in [0.2, 0.25) is 0 Å². The minimum absolute atomic E-state index is 0.00477. The van der Waals surface area contributed by atoms with Gasteiger partial charge in [-0.25, -0.2) is 9.59 Å². The van der Waals surface area contributed by atoms with E-state index in [1.165, 1.54) is 6.08 Å². The molecule has 112 valence electrons. The molecule has 0 fully saturated rings. The van der Waals surface area contributed by atoms with Gasteiger partial charge < -0.3 is 14.2 Å². The van der Waals surface area contributed by atoms with E-state index in [0.29, 0.717) is 5.57 Å². The fraction of sp³-hybridized carbons (Fsp3) is 0.250. The molecule has 0 heterocycles. The third kappa shape index (κ3) is 6.42. The summed E-state index contributed by atoms with van der Waals surface area (Å²) < 4.78 is 14.7. The van der Waals surface area contributed by atoms with Gasteiger partial charge >= 0.3 is 11.9 Å². The zero-order valence-electron chi connectivity index (χ0n) is 12.1. The summed E-state index contributed by atoms with van der Waals surface area (Å²) in [7, 11) is 1.59. The van der Waals surface area contributed by atoms with Crippen LogP contribution in [-0.4, -0.2) is 32.3 Å². The second-order valence-electron chi connectivity index (χ2n) is 4.19. The predicted octanol–water partition coefficient (Wildman–Crippen LogP) is 2.37. The molecule has 0 unspecified atom stereocenters. The van der Waals surface area contributed by atoms with Crippen LogP contribution in [0.4, 0.5) is 0 Å². The highest BCUT2D eigenvalue weighted by Crippen LogP contribution is 2.12. The summed E-state index contributed by atoms with van der Waals surface area (Å²) in [6.07, 6.45) is 2.93. The fourth-order valence-electron chi connectivity index (χ4n) is 1.33. The average Bonchev–Trinajstić information content (AvgIpc) is 2.49. The van der Waals surface area contributed by atoms with E-state index in [-0.39, 0.29) is 13.2 Å². The van der Waals surface area contributed by atoms with Crippen molar-refractivity contribution in [3.05, 3.63) is 48.1 Å². The van der Waals surface area contributed by atoms with Crippen LogP contribution in [0.25, 0.3) is 6.08 Å². The number of esters is 2. The first-order chi connectivity index (χ1) is 10.0. The summed E-state index contributed by atoms with van der Waals surface area (Å²) in [5, 5.41) is 0. The molecule has 0 bridgehead atoms. The summed E-state index contributed by atoms with van der Waals surface area (Å²) in [5.41, 5.74) is 1.15. The first-order valence-corrected chi connectivity index (χ1v) is 6.34. The molecule has 1 rings (SSSR count). The third-order valence-electron chi connectivity index (χ3n) is 2.44. The van der Waals surface area contributed by atoms with Gasteiger partial charge in [-0.15, -0.1) is 0 Å². The fourth-order valence-corrected chi connectivity index (χ4v) is 1.33. The van der Waals surface area contributed by atoms with E-state index in [1.54, 1.807) is 32.2 Å². The van der Waals surface area contributed by atoms with E-state index < -0.39 is 11.9 Å². The zero-order valence-corrected chi connectivity index (χ0v) is 12.1. The zero-order chi connectivity index (χ0) is 15.7. The molecule has 5 heteroatoms. The molecular weight excluding hydrogens is 272 g/mol. The molecule has 5 nitrogen and oxygen atoms in total. The normalized spacial score (nSPS) is 10.2. The molecule has 1 aromatic carbocycles. The van der Waals surface area contributed by atoms with Gasteiger partial charge in [0, 0.05) is 11.6 Å². The SMILES string of the molecule is C=C(C)C(=O)OCCOC(=O)C=Cc1ccc(OC)cc1. The Labute approximate surface area is 123 Å². The van der Waals surface area contributed by atoms with Crippen LogP contribution < -0.4 is 4.74 Å². The van der Waals surface area contributed by atoms with Crippen molar-refractivity contribution in [3.8, 4) is 5.75 Å². The topological polar surface area (TPSA) is 61.8 Å². The van der Waals surface area contributed by atoms with Crippen molar-refractivity contribution in [2.24, 2.45) is 0 Å². The molecule has 21 heavy (non-hydrogen) atoms. The first kappa shape index (κ1) is 16.5. The predicted molar refractivity (Wildman–Crippen MR) is 78.8 cm³/mol. The molecule has 0 saturated carbocycles. The van der Waals surface area contributed by atoms with Gasteiger partial charge in [-0.2, -0.15) is 0 Å². The molecule has 1 aromatic rings. The number of hydrogen-bond acceptors (Lipinski definition) is 5. The summed E-state index contributed by atoms with van der Waals surface area (Å²) in [6, 6.07) is 7.22. The Bertz CT molecular complexity index is 528. The van der Waals surface area contributed by atoms with E-state index >= 15 is 0 Å². The number of carbonyl (C=O) groups is 2. The van der Waals surface area contributed by atoms with Crippen LogP contribution in [0.2, 0.25) is 0 Å². The molecule has 0 atom stereocenters. The minimum atomic E-state index is -0.503. The summed E-state index contributed by atoms with van der Waals surface area (Å²) in [5.74, 6) is -0.258. The lowest BCUT2D eigenvalue weighted by atomic mass is 10.2. The van der Waals surface area contributed by atoms with Crippen molar-refractivity contribution in [3.63, 3.8) is 0 Å². The Hall–Kier alpha value is -2.56. The van der Waals surface area contributed by atoms with Crippen molar-refractivity contribution < 1.29 is 23.8 Å². The molecule has 0 aliphatic heterocycles. The van der Waals surface area contributed by atoms with Crippen molar-refractivity contribution in [1.82, 2.24) is 0 Å². The monoisotopic (exact) mass is 290 g/mol. The van der Waals surface area contributed by atoms with E-state index in [1.807, 2.05) is 12.1 Å². The maximum atomic E-state index is 11.4. The molecule has 0 aromatic heterocycles. The Morgan fingerprint density at radius 1 is 1.14 bits per heavy atom. The number of ether oxygens (including phenoxy) is 3. The Balaban J connectivity index is 2.31. The van der Waals surface area contributed by atoms with Crippen LogP contribution in [0.1, 0.15) is 12.5 Å². The van der Waals surface area contributed by atoms with Crippen LogP contribution in [0.15, 0.2) is 42.5 Å². The van der Waals surface area contributed by atoms with Crippen molar-refractivity contribution in [2.75, 3.05) is 20.3 Å². The lowest BCUT2D eigenvalue weighted by Gasteiger charge is -2.04. The maximum Gasteiger partial charge on any atom is 0.333 e. The average molecular weight is 290 g/mol. The molecular formula is C16H18O5. The molecule has 0 aliphatic rings. The van der Waals surface area contributed by atoms with Gasteiger partial charge in [-0.1, -0.05) is 18.7 Å². The first-order valence-electron chi connectivity index (χ1n) is 6.34. The Kier molecular flexibility index (Phi) is 6.74. The van der Waals surface area contributed by atoms with Gasteiger partial charge in [0.1, 0.15) is 19.0 Å². The second kappa shape index (κ2) is 8.58. The van der Waals surface area contributed by atoms with Gasteiger partial charge in [-0.05, 0) is 30.7 Å². The highest BCUT2D eigenvalue weighted by atomic mass is 16.6. The number of hydrogen-bond donors (Lipinski definition) is 0. The molecule has 0 saturated heterocycles. The van der Waals surface area contributed by atoms with Crippen LogP contribution in [-0.2, 0) is 19.1 Å². The van der Waals surface area contributed by atoms with Crippen LogP contribution in [0.5, 0.6) is 5.75 Å². The Morgan fingerprint density at radius 2 is 1.76 bits per heavy atom. The highest BCUT2D eigenvalue weighted by Gasteiger charge is 2.03. The van der Waals surface area contributed by atoms with Gasteiger partial charge in [0.15, 0.2) is 0 Å². The Morgan fingerprint density at radius 3 is 2.33 bits per heavy atom. The van der Waals surface area contributed by atoms with Crippen molar-refractivity contribution in [2.45, 2.75) is 6.92 Å². The quantitative estimate of drug-likeness (QED) is 0.438. The lowest BCUT2D eigenvalue weighted by molar-refractivity contribution is -0.146. The lowest BCUT2D eigenvalue weighted by Crippen LogP contribution is -2.12. The number of methoxy groups -OCH3 is 1. The molecule has 0 radical (unpaired) electrons. The van der Waals surface area contributed by atoms with Gasteiger partial charge in [0.25, 0.3) is 0 Å². The van der Waals surface area contributed by atoms with Crippen LogP contribution >= 0.6 is 0 Å². The standard InChI is InChI=1S/C16H18O5/c1-12(2)16(18)21-11-10-20-15(17)9-6-13-4-7-14(19-3)8-5-13/h4-9H,1,10-11H2,2-3H3. The number of carbonyl (C=O) groups excluding carboxylic acids is 2. The molecule has 0 aliphatic carbocycles. The summed E-state index contributed by atoms with van der Waals surface area (Å²) in [4.78, 5) is 22.5. The van der Waals surface area contributed by atoms with Crippen LogP contribution in [0.3, 0.4) is 0 Å². The van der Waals surface area contributed by atoms with Crippen molar-refractivity contribution >= 4 is 18.0 Å². The molecule has 0 amide bonds. The third-order valence-corrected chi connectivity index (χ3v) is 2.44. The van der Waals surface area contributed by atoms with E-state index in [9.17, 15) is 9.59 Å². The number of rotatable bonds is 7. The molecule has 0 N–H and O–H groups in total. The number of benzene rings is 1. The van der Waals surface area contributed by atoms with Gasteiger partial charge in [0.05, 0.1) is 7.11 Å². The largest absolute Gasteiger partial charge is 0.497 e. The van der Waals surface area contributed by atoms with Crippen molar-refractivity contribution in [1.29, 1.82) is 0 Å². The summed E-state index contributed by atoms with van der Waals surface area (Å²) >= 11 is 0. The highest BCUT2D eigenvalue weighted by molar-refractivity contribution is 5.87. The van der Waals surface area contributed by atoms with Crippen LogP contribution in [0, 0.1) is 0 Å². The molecule has 0 spiro atoms. The maximum absolute atomic E-state index is 11.4. The van der Waals surface area contributed by atoms with E-state index in [2.05, 4.69) is 6.58 Å². The minimum Gasteiger partial charge on any atom is -0.497 e. The van der Waals surface area contributed by atoms with Gasteiger partial charge in [-0.3, -0.25) is 0 Å². The second-order valence-corrected chi connectivity index (χ2v) is 4.19.